The second-order valence-electron chi connectivity index (χ2n) is 4.33. The Labute approximate surface area is 178 Å². The van der Waals surface area contributed by atoms with Gasteiger partial charge in [0, 0.05) is 6.42 Å². The van der Waals surface area contributed by atoms with Crippen LogP contribution < -0.4 is 10.5 Å². The van der Waals surface area contributed by atoms with E-state index in [9.17, 15) is 5.11 Å². The van der Waals surface area contributed by atoms with Crippen molar-refractivity contribution in [3.8, 4) is 17.2 Å². The van der Waals surface area contributed by atoms with Gasteiger partial charge in [-0.3, -0.25) is 0 Å². The van der Waals surface area contributed by atoms with E-state index < -0.39 is 0 Å². The molecule has 0 aliphatic rings. The van der Waals surface area contributed by atoms with Crippen LogP contribution in [-0.4, -0.2) is 11.7 Å². The highest BCUT2D eigenvalue weighted by Gasteiger charge is 2.13. The van der Waals surface area contributed by atoms with Gasteiger partial charge in [0.15, 0.2) is 5.75 Å². The average molecular weight is 734 g/mol. The summed E-state index contributed by atoms with van der Waals surface area (Å²) in [5.41, 5.74) is 5.18. The van der Waals surface area contributed by atoms with Crippen molar-refractivity contribution < 1.29 is 15.6 Å². The smallest absolute Gasteiger partial charge is 0.154 e. The van der Waals surface area contributed by atoms with Crippen molar-refractivity contribution in [3.63, 3.8) is 0 Å². The zero-order valence-electron chi connectivity index (χ0n) is 10.8. The Kier molecular flexibility index (Phi) is 7.08. The quantitative estimate of drug-likeness (QED) is 0.459. The summed E-state index contributed by atoms with van der Waals surface area (Å²) in [5.74, 6) is 1.90. The summed E-state index contributed by atoms with van der Waals surface area (Å²) in [6, 6.07) is 7.96. The van der Waals surface area contributed by atoms with Crippen LogP contribution in [0.5, 0.6) is 17.2 Å². The molecule has 0 saturated carbocycles. The number of hydrogen-bond donors (Lipinski definition) is 2. The van der Waals surface area contributed by atoms with Crippen molar-refractivity contribution >= 4 is 90.4 Å². The second kappa shape index (κ2) is 8.15. The summed E-state index contributed by atoms with van der Waals surface area (Å²) >= 11 is 8.81. The predicted molar refractivity (Wildman–Crippen MR) is 117 cm³/mol. The Morgan fingerprint density at radius 3 is 1.90 bits per heavy atom. The van der Waals surface area contributed by atoms with E-state index in [1.807, 2.05) is 12.1 Å². The second-order valence-corrected chi connectivity index (χ2v) is 8.98. The number of ether oxygens (including phenoxy) is 1. The maximum atomic E-state index is 9.82. The lowest BCUT2D eigenvalue weighted by Gasteiger charge is -2.13. The van der Waals surface area contributed by atoms with Crippen LogP contribution >= 0.6 is 90.4 Å². The molecule has 3 nitrogen and oxygen atoms in total. The molecule has 0 unspecified atom stereocenters. The molecule has 0 heterocycles. The molecule has 112 valence electrons. The van der Waals surface area contributed by atoms with Crippen molar-refractivity contribution in [1.82, 2.24) is 0 Å². The van der Waals surface area contributed by atoms with E-state index in [1.165, 1.54) is 5.56 Å². The third kappa shape index (κ3) is 4.70. The molecule has 0 saturated heterocycles. The highest BCUT2D eigenvalue weighted by atomic mass is 127. The Hall–Kier alpha value is 0.920. The van der Waals surface area contributed by atoms with Crippen LogP contribution in [0.3, 0.4) is 0 Å². The van der Waals surface area contributed by atoms with Gasteiger partial charge in [0.1, 0.15) is 11.5 Å². The maximum Gasteiger partial charge on any atom is 0.154 e. The molecule has 7 heteroatoms. The normalized spacial score (nSPS) is 10.7. The fourth-order valence-corrected chi connectivity index (χ4v) is 5.61. The highest BCUT2D eigenvalue weighted by Crippen LogP contribution is 2.36. The number of hydrogen-bond acceptors (Lipinski definition) is 2. The lowest BCUT2D eigenvalue weighted by Crippen LogP contribution is -2.51. The molecule has 4 N–H and O–H groups in total. The van der Waals surface area contributed by atoms with E-state index in [2.05, 4.69) is 108 Å². The Morgan fingerprint density at radius 2 is 1.43 bits per heavy atom. The van der Waals surface area contributed by atoms with Crippen molar-refractivity contribution in [2.75, 3.05) is 6.54 Å². The molecule has 2 aromatic carbocycles. The van der Waals surface area contributed by atoms with Gasteiger partial charge in [0.05, 0.1) is 20.8 Å². The van der Waals surface area contributed by atoms with Crippen molar-refractivity contribution in [3.05, 3.63) is 44.1 Å². The molecular weight excluding hydrogens is 722 g/mol. The fourth-order valence-electron chi connectivity index (χ4n) is 1.78. The van der Waals surface area contributed by atoms with E-state index in [4.69, 9.17) is 4.74 Å². The van der Waals surface area contributed by atoms with Crippen LogP contribution in [0, 0.1) is 14.3 Å². The summed E-state index contributed by atoms with van der Waals surface area (Å²) in [7, 11) is 0. The number of halogens is 4. The Bertz CT molecular complexity index is 630. The van der Waals surface area contributed by atoms with E-state index in [-0.39, 0.29) is 0 Å². The molecule has 0 radical (unpaired) electrons. The molecule has 2 rings (SSSR count). The number of phenolic OH excluding ortho intramolecular Hbond substituents is 1. The SMILES string of the molecule is [NH3+]CCc1cc(I)c(Oc2cc(I)c(O)c(I)c2)c(I)c1. The van der Waals surface area contributed by atoms with Crippen LogP contribution in [-0.2, 0) is 6.42 Å². The van der Waals surface area contributed by atoms with Gasteiger partial charge in [-0.1, -0.05) is 0 Å². The van der Waals surface area contributed by atoms with Gasteiger partial charge in [-0.15, -0.1) is 0 Å². The van der Waals surface area contributed by atoms with Gasteiger partial charge in [-0.2, -0.15) is 0 Å². The van der Waals surface area contributed by atoms with Crippen molar-refractivity contribution in [1.29, 1.82) is 0 Å². The summed E-state index contributed by atoms with van der Waals surface area (Å²) < 4.78 is 9.78. The van der Waals surface area contributed by atoms with Crippen LogP contribution in [0.25, 0.3) is 0 Å². The summed E-state index contributed by atoms with van der Waals surface area (Å²) in [6.45, 7) is 0.890. The molecule has 0 bridgehead atoms. The molecule has 2 aromatic rings. The summed E-state index contributed by atoms with van der Waals surface area (Å²) in [6.07, 6.45) is 0.974. The first-order valence-electron chi connectivity index (χ1n) is 6.05. The molecular formula is C14H12I4NO2+. The third-order valence-electron chi connectivity index (χ3n) is 2.73. The van der Waals surface area contributed by atoms with Crippen LogP contribution in [0.4, 0.5) is 0 Å². The topological polar surface area (TPSA) is 57.1 Å². The molecule has 0 spiro atoms. The first kappa shape index (κ1) is 18.3. The first-order valence-corrected chi connectivity index (χ1v) is 10.4. The standard InChI is InChI=1S/C14H11I4NO2/c15-9-5-8(6-10(16)13(9)20)21-14-11(17)3-7(1-2-19)4-12(14)18/h3-6,20H,1-2,19H2/p+1. The summed E-state index contributed by atoms with van der Waals surface area (Å²) in [4.78, 5) is 0. The molecule has 0 aliphatic heterocycles. The lowest BCUT2D eigenvalue weighted by atomic mass is 10.1. The third-order valence-corrected chi connectivity index (χ3v) is 5.98. The highest BCUT2D eigenvalue weighted by molar-refractivity contribution is 14.1. The van der Waals surface area contributed by atoms with E-state index >= 15 is 0 Å². The zero-order valence-corrected chi connectivity index (χ0v) is 19.4. The minimum atomic E-state index is 0.304. The van der Waals surface area contributed by atoms with Crippen LogP contribution in [0.2, 0.25) is 0 Å². The summed E-state index contributed by atoms with van der Waals surface area (Å²) in [5, 5.41) is 9.82. The Morgan fingerprint density at radius 1 is 0.905 bits per heavy atom. The van der Waals surface area contributed by atoms with Gasteiger partial charge in [0.25, 0.3) is 0 Å². The van der Waals surface area contributed by atoms with Crippen molar-refractivity contribution in [2.24, 2.45) is 0 Å². The predicted octanol–water partition coefficient (Wildman–Crippen LogP) is 4.39. The van der Waals surface area contributed by atoms with E-state index in [0.29, 0.717) is 5.75 Å². The van der Waals surface area contributed by atoms with Gasteiger partial charge in [-0.25, -0.2) is 0 Å². The monoisotopic (exact) mass is 734 g/mol. The van der Waals surface area contributed by atoms with E-state index in [1.54, 1.807) is 0 Å². The molecule has 21 heavy (non-hydrogen) atoms. The molecule has 0 amide bonds. The average Bonchev–Trinajstić information content (AvgIpc) is 2.40. The number of aromatic hydroxyl groups is 1. The molecule has 0 aromatic heterocycles. The van der Waals surface area contributed by atoms with Gasteiger partial charge >= 0.3 is 0 Å². The van der Waals surface area contributed by atoms with Crippen molar-refractivity contribution in [2.45, 2.75) is 6.42 Å². The number of quaternary nitrogens is 1. The van der Waals surface area contributed by atoms with Crippen LogP contribution in [0.1, 0.15) is 5.56 Å². The fraction of sp³-hybridized carbons (Fsp3) is 0.143. The van der Waals surface area contributed by atoms with Crippen LogP contribution in [0.15, 0.2) is 24.3 Å². The maximum absolute atomic E-state index is 9.82. The Balaban J connectivity index is 2.36. The zero-order chi connectivity index (χ0) is 15.6. The number of phenols is 1. The largest absolute Gasteiger partial charge is 0.506 e. The molecule has 0 aliphatic carbocycles. The van der Waals surface area contributed by atoms with E-state index in [0.717, 1.165) is 38.7 Å². The number of benzene rings is 2. The number of rotatable bonds is 4. The molecule has 0 fully saturated rings. The van der Waals surface area contributed by atoms with Gasteiger partial charge in [-0.05, 0) is 120 Å². The minimum absolute atomic E-state index is 0.304. The minimum Gasteiger partial charge on any atom is -0.506 e. The van der Waals surface area contributed by atoms with Gasteiger partial charge < -0.3 is 15.6 Å². The van der Waals surface area contributed by atoms with Gasteiger partial charge in [0.2, 0.25) is 0 Å². The lowest BCUT2D eigenvalue weighted by molar-refractivity contribution is -0.366. The first-order chi connectivity index (χ1) is 9.92. The molecule has 0 atom stereocenters.